The van der Waals surface area contributed by atoms with Crippen LogP contribution >= 0.6 is 34.2 Å². The van der Waals surface area contributed by atoms with Crippen LogP contribution in [-0.2, 0) is 0 Å². The summed E-state index contributed by atoms with van der Waals surface area (Å²) in [5.41, 5.74) is 1.20. The minimum Gasteiger partial charge on any atom is -0.338 e. The Hall–Kier alpha value is -1.39. The first kappa shape index (κ1) is 12.1. The smallest absolute Gasteiger partial charge is 0.147 e. The van der Waals surface area contributed by atoms with Gasteiger partial charge in [0.15, 0.2) is 0 Å². The van der Waals surface area contributed by atoms with Crippen LogP contribution in [0.4, 0.5) is 11.5 Å². The fourth-order valence-corrected chi connectivity index (χ4v) is 1.82. The van der Waals surface area contributed by atoms with Crippen molar-refractivity contribution in [1.82, 2.24) is 9.97 Å². The van der Waals surface area contributed by atoms with Crippen LogP contribution in [0.15, 0.2) is 30.7 Å². The summed E-state index contributed by atoms with van der Waals surface area (Å²) >= 11 is 8.16. The van der Waals surface area contributed by atoms with Crippen molar-refractivity contribution >= 4 is 45.7 Å². The topological polar surface area (TPSA) is 61.6 Å². The average molecular weight is 357 g/mol. The molecule has 0 bridgehead atoms. The molecule has 0 atom stereocenters. The van der Waals surface area contributed by atoms with Crippen LogP contribution in [0.5, 0.6) is 0 Å². The third kappa shape index (κ3) is 2.84. The zero-order chi connectivity index (χ0) is 12.3. The predicted octanol–water partition coefficient (Wildman–Crippen LogP) is 3.35. The molecule has 6 heteroatoms. The summed E-state index contributed by atoms with van der Waals surface area (Å²) in [6.45, 7) is 0. The van der Waals surface area contributed by atoms with Crippen molar-refractivity contribution in [2.24, 2.45) is 0 Å². The van der Waals surface area contributed by atoms with Gasteiger partial charge in [-0.05, 0) is 40.8 Å². The second kappa shape index (κ2) is 5.29. The molecule has 1 aromatic carbocycles. The van der Waals surface area contributed by atoms with E-state index in [0.29, 0.717) is 22.1 Å². The molecule has 0 fully saturated rings. The number of nitriles is 1. The molecule has 1 aromatic heterocycles. The van der Waals surface area contributed by atoms with E-state index in [1.54, 1.807) is 24.4 Å². The van der Waals surface area contributed by atoms with Crippen LogP contribution in [0, 0.1) is 14.9 Å². The molecular formula is C11H6ClIN4. The first-order valence-electron chi connectivity index (χ1n) is 4.63. The highest BCUT2D eigenvalue weighted by Gasteiger charge is 2.05. The van der Waals surface area contributed by atoms with Crippen molar-refractivity contribution in [3.8, 4) is 6.07 Å². The summed E-state index contributed by atoms with van der Waals surface area (Å²) in [5.74, 6) is 0.664. The number of nitrogens with zero attached hydrogens (tertiary/aromatic N) is 3. The van der Waals surface area contributed by atoms with E-state index in [0.717, 1.165) is 3.57 Å². The zero-order valence-corrected chi connectivity index (χ0v) is 11.4. The number of aromatic nitrogens is 2. The molecule has 0 aliphatic rings. The summed E-state index contributed by atoms with van der Waals surface area (Å²) < 4.78 is 0.878. The van der Waals surface area contributed by atoms with Gasteiger partial charge in [-0.15, -0.1) is 0 Å². The average Bonchev–Trinajstić information content (AvgIpc) is 2.35. The Balaban J connectivity index is 2.37. The molecule has 4 nitrogen and oxygen atoms in total. The van der Waals surface area contributed by atoms with Gasteiger partial charge in [-0.2, -0.15) is 5.26 Å². The summed E-state index contributed by atoms with van der Waals surface area (Å²) in [6, 6.07) is 7.08. The molecule has 0 amide bonds. The van der Waals surface area contributed by atoms with Crippen molar-refractivity contribution in [1.29, 1.82) is 5.26 Å². The molecule has 2 aromatic rings. The van der Waals surface area contributed by atoms with Gasteiger partial charge in [-0.1, -0.05) is 11.6 Å². The molecule has 1 N–H and O–H groups in total. The number of hydrogen-bond acceptors (Lipinski definition) is 4. The largest absolute Gasteiger partial charge is 0.338 e. The number of nitrogens with one attached hydrogen (secondary N) is 1. The third-order valence-corrected chi connectivity index (χ3v) is 3.14. The van der Waals surface area contributed by atoms with Gasteiger partial charge in [0.25, 0.3) is 0 Å². The van der Waals surface area contributed by atoms with Crippen molar-refractivity contribution in [2.75, 3.05) is 5.32 Å². The lowest BCUT2D eigenvalue weighted by atomic mass is 10.2. The molecule has 2 rings (SSSR count). The lowest BCUT2D eigenvalue weighted by Gasteiger charge is -2.08. The number of benzene rings is 1. The molecule has 0 saturated heterocycles. The van der Waals surface area contributed by atoms with E-state index in [4.69, 9.17) is 16.9 Å². The van der Waals surface area contributed by atoms with Crippen LogP contribution in [0.3, 0.4) is 0 Å². The molecule has 0 saturated carbocycles. The van der Waals surface area contributed by atoms with E-state index in [9.17, 15) is 0 Å². The van der Waals surface area contributed by atoms with E-state index >= 15 is 0 Å². The van der Waals surface area contributed by atoms with Crippen LogP contribution in [0.1, 0.15) is 5.56 Å². The van der Waals surface area contributed by atoms with Gasteiger partial charge in [0, 0.05) is 6.20 Å². The number of rotatable bonds is 2. The molecule has 0 unspecified atom stereocenters. The Kier molecular flexibility index (Phi) is 3.76. The fraction of sp³-hybridized carbons (Fsp3) is 0. The molecule has 0 aliphatic carbocycles. The Bertz CT molecular complexity index is 594. The maximum Gasteiger partial charge on any atom is 0.147 e. The molecule has 0 radical (unpaired) electrons. The summed E-state index contributed by atoms with van der Waals surface area (Å²) in [7, 11) is 0. The Morgan fingerprint density at radius 1 is 1.41 bits per heavy atom. The second-order valence-corrected chi connectivity index (χ2v) is 4.72. The standard InChI is InChI=1S/C11H6ClIN4/c12-8-2-1-7(4-14)3-10(8)17-11-9(13)5-15-6-16-11/h1-3,5-6H,(H,15,16,17). The molecule has 0 spiro atoms. The maximum atomic E-state index is 8.83. The fourth-order valence-electron chi connectivity index (χ4n) is 1.22. The Labute approximate surface area is 117 Å². The van der Waals surface area contributed by atoms with Crippen LogP contribution < -0.4 is 5.32 Å². The first-order valence-corrected chi connectivity index (χ1v) is 6.08. The lowest BCUT2D eigenvalue weighted by molar-refractivity contribution is 1.15. The zero-order valence-electron chi connectivity index (χ0n) is 8.48. The number of anilines is 2. The van der Waals surface area contributed by atoms with Crippen LogP contribution in [0.2, 0.25) is 5.02 Å². The van der Waals surface area contributed by atoms with Gasteiger partial charge in [-0.25, -0.2) is 9.97 Å². The van der Waals surface area contributed by atoms with E-state index in [2.05, 4.69) is 43.9 Å². The van der Waals surface area contributed by atoms with E-state index in [1.165, 1.54) is 6.33 Å². The predicted molar refractivity (Wildman–Crippen MR) is 74.2 cm³/mol. The normalized spacial score (nSPS) is 9.71. The number of halogens is 2. The van der Waals surface area contributed by atoms with Gasteiger partial charge in [0.05, 0.1) is 25.9 Å². The SMILES string of the molecule is N#Cc1ccc(Cl)c(Nc2ncncc2I)c1. The quantitative estimate of drug-likeness (QED) is 0.838. The van der Waals surface area contributed by atoms with Gasteiger partial charge < -0.3 is 5.32 Å². The monoisotopic (exact) mass is 356 g/mol. The van der Waals surface area contributed by atoms with Crippen molar-refractivity contribution < 1.29 is 0 Å². The van der Waals surface area contributed by atoms with Crippen molar-refractivity contribution in [2.45, 2.75) is 0 Å². The summed E-state index contributed by atoms with van der Waals surface area (Å²) in [4.78, 5) is 8.00. The molecule has 84 valence electrons. The minimum absolute atomic E-state index is 0.540. The van der Waals surface area contributed by atoms with Gasteiger partial charge >= 0.3 is 0 Å². The third-order valence-electron chi connectivity index (χ3n) is 2.02. The van der Waals surface area contributed by atoms with Crippen molar-refractivity contribution in [3.63, 3.8) is 0 Å². The Morgan fingerprint density at radius 3 is 2.94 bits per heavy atom. The van der Waals surface area contributed by atoms with Crippen LogP contribution in [0.25, 0.3) is 0 Å². The van der Waals surface area contributed by atoms with E-state index < -0.39 is 0 Å². The minimum atomic E-state index is 0.540. The highest BCUT2D eigenvalue weighted by molar-refractivity contribution is 14.1. The van der Waals surface area contributed by atoms with Crippen molar-refractivity contribution in [3.05, 3.63) is 44.9 Å². The number of hydrogen-bond donors (Lipinski definition) is 1. The second-order valence-electron chi connectivity index (χ2n) is 3.15. The van der Waals surface area contributed by atoms with Gasteiger partial charge in [0.1, 0.15) is 12.1 Å². The molecular weight excluding hydrogens is 351 g/mol. The van der Waals surface area contributed by atoms with E-state index in [1.807, 2.05) is 0 Å². The molecule has 17 heavy (non-hydrogen) atoms. The Morgan fingerprint density at radius 2 is 2.24 bits per heavy atom. The van der Waals surface area contributed by atoms with Gasteiger partial charge in [-0.3, -0.25) is 0 Å². The summed E-state index contributed by atoms with van der Waals surface area (Å²) in [5, 5.41) is 12.4. The highest BCUT2D eigenvalue weighted by atomic mass is 127. The highest BCUT2D eigenvalue weighted by Crippen LogP contribution is 2.27. The van der Waals surface area contributed by atoms with Gasteiger partial charge in [0.2, 0.25) is 0 Å². The first-order chi connectivity index (χ1) is 8.20. The van der Waals surface area contributed by atoms with E-state index in [-0.39, 0.29) is 0 Å². The summed E-state index contributed by atoms with van der Waals surface area (Å²) in [6.07, 6.45) is 3.14. The van der Waals surface area contributed by atoms with Crippen LogP contribution in [-0.4, -0.2) is 9.97 Å². The molecule has 1 heterocycles. The lowest BCUT2D eigenvalue weighted by Crippen LogP contribution is -1.97. The molecule has 0 aliphatic heterocycles. The maximum absolute atomic E-state index is 8.83.